The fourth-order valence-corrected chi connectivity index (χ4v) is 3.78. The largest absolute Gasteiger partial charge is 0.504 e. The predicted octanol–water partition coefficient (Wildman–Crippen LogP) is 3.84. The van der Waals surface area contributed by atoms with Crippen molar-refractivity contribution in [1.29, 1.82) is 0 Å². The van der Waals surface area contributed by atoms with E-state index in [0.29, 0.717) is 23.7 Å². The summed E-state index contributed by atoms with van der Waals surface area (Å²) in [6.07, 6.45) is -0.170. The van der Waals surface area contributed by atoms with Crippen LogP contribution in [0.3, 0.4) is 0 Å². The third-order valence-corrected chi connectivity index (χ3v) is 5.02. The molecule has 0 spiro atoms. The lowest BCUT2D eigenvalue weighted by Gasteiger charge is -2.32. The molecule has 0 aliphatic carbocycles. The number of carbonyl (C=O) groups is 1. The molecule has 2 aliphatic heterocycles. The lowest BCUT2D eigenvalue weighted by atomic mass is 9.87. The van der Waals surface area contributed by atoms with Gasteiger partial charge < -0.3 is 14.6 Å². The molecule has 2 atom stereocenters. The van der Waals surface area contributed by atoms with Crippen LogP contribution >= 0.6 is 11.6 Å². The van der Waals surface area contributed by atoms with E-state index in [2.05, 4.69) is 0 Å². The smallest absolute Gasteiger partial charge is 0.411 e. The van der Waals surface area contributed by atoms with E-state index >= 15 is 0 Å². The van der Waals surface area contributed by atoms with E-state index in [9.17, 15) is 9.90 Å². The number of aromatic hydroxyl groups is 1. The van der Waals surface area contributed by atoms with Crippen LogP contribution < -0.4 is 4.74 Å². The van der Waals surface area contributed by atoms with Crippen molar-refractivity contribution in [2.45, 2.75) is 18.6 Å². The number of benzene rings is 2. The number of hydrogen-bond acceptors (Lipinski definition) is 4. The van der Waals surface area contributed by atoms with Crippen molar-refractivity contribution >= 4 is 17.7 Å². The van der Waals surface area contributed by atoms with Crippen LogP contribution in [0.4, 0.5) is 4.79 Å². The molecule has 0 aromatic heterocycles. The predicted molar refractivity (Wildman–Crippen MR) is 88.5 cm³/mol. The topological polar surface area (TPSA) is 59.0 Å². The van der Waals surface area contributed by atoms with Gasteiger partial charge in [-0.2, -0.15) is 0 Å². The van der Waals surface area contributed by atoms with Crippen molar-refractivity contribution in [1.82, 2.24) is 4.90 Å². The van der Waals surface area contributed by atoms with Gasteiger partial charge >= 0.3 is 6.09 Å². The zero-order chi connectivity index (χ0) is 16.8. The summed E-state index contributed by atoms with van der Waals surface area (Å²) >= 11 is 6.31. The van der Waals surface area contributed by atoms with Crippen LogP contribution in [0.1, 0.15) is 28.8 Å². The highest BCUT2D eigenvalue weighted by Gasteiger charge is 2.47. The van der Waals surface area contributed by atoms with Crippen molar-refractivity contribution in [2.75, 3.05) is 13.7 Å². The molecule has 2 aliphatic rings. The molecule has 1 amide bonds. The molecular weight excluding hydrogens is 330 g/mol. The second-order valence-electron chi connectivity index (χ2n) is 5.94. The number of methoxy groups -OCH3 is 1. The lowest BCUT2D eigenvalue weighted by Crippen LogP contribution is -2.34. The van der Waals surface area contributed by atoms with E-state index in [1.165, 1.54) is 7.11 Å². The van der Waals surface area contributed by atoms with Gasteiger partial charge in [0.1, 0.15) is 6.04 Å². The van der Waals surface area contributed by atoms with Crippen molar-refractivity contribution in [2.24, 2.45) is 0 Å². The van der Waals surface area contributed by atoms with Gasteiger partial charge in [0.05, 0.1) is 7.11 Å². The van der Waals surface area contributed by atoms with Gasteiger partial charge in [0.15, 0.2) is 17.6 Å². The normalized spacial score (nSPS) is 21.9. The lowest BCUT2D eigenvalue weighted by molar-refractivity contribution is 0.130. The molecule has 5 nitrogen and oxygen atoms in total. The summed E-state index contributed by atoms with van der Waals surface area (Å²) < 4.78 is 10.8. The molecule has 124 valence electrons. The highest BCUT2D eigenvalue weighted by atomic mass is 35.5. The van der Waals surface area contributed by atoms with E-state index in [-0.39, 0.29) is 17.9 Å². The van der Waals surface area contributed by atoms with Crippen molar-refractivity contribution in [3.8, 4) is 11.5 Å². The summed E-state index contributed by atoms with van der Waals surface area (Å²) in [6, 6.07) is 10.5. The number of phenols is 1. The number of amides is 1. The van der Waals surface area contributed by atoms with Gasteiger partial charge in [0, 0.05) is 17.1 Å². The molecule has 24 heavy (non-hydrogen) atoms. The minimum Gasteiger partial charge on any atom is -0.504 e. The van der Waals surface area contributed by atoms with Gasteiger partial charge in [-0.15, -0.1) is 0 Å². The SMILES string of the molecule is COc1cc2c(cc1O)[C@@H]1[C@H](c3ccccc3Cl)OC(=O)N1CC2. The molecule has 0 unspecified atom stereocenters. The van der Waals surface area contributed by atoms with Crippen LogP contribution in [0.2, 0.25) is 5.02 Å². The van der Waals surface area contributed by atoms with Crippen molar-refractivity contribution < 1.29 is 19.4 Å². The van der Waals surface area contributed by atoms with Crippen LogP contribution in [0, 0.1) is 0 Å². The number of nitrogens with zero attached hydrogens (tertiary/aromatic N) is 1. The number of fused-ring (bicyclic) bond motifs is 3. The third-order valence-electron chi connectivity index (χ3n) is 4.68. The fraction of sp³-hybridized carbons (Fsp3) is 0.278. The van der Waals surface area contributed by atoms with Crippen LogP contribution in [-0.4, -0.2) is 29.8 Å². The number of ether oxygens (including phenoxy) is 2. The number of rotatable bonds is 2. The maximum atomic E-state index is 12.3. The zero-order valence-corrected chi connectivity index (χ0v) is 13.8. The van der Waals surface area contributed by atoms with E-state index in [4.69, 9.17) is 21.1 Å². The first-order chi connectivity index (χ1) is 11.6. The number of hydrogen-bond donors (Lipinski definition) is 1. The van der Waals surface area contributed by atoms with Gasteiger partial charge in [-0.3, -0.25) is 4.90 Å². The molecule has 2 aromatic rings. The Morgan fingerprint density at radius 1 is 1.29 bits per heavy atom. The van der Waals surface area contributed by atoms with Crippen LogP contribution in [0.15, 0.2) is 36.4 Å². The molecule has 0 bridgehead atoms. The first kappa shape index (κ1) is 15.1. The Bertz CT molecular complexity index is 823. The van der Waals surface area contributed by atoms with Gasteiger partial charge in [0.25, 0.3) is 0 Å². The number of phenolic OH excluding ortho intramolecular Hbond substituents is 1. The number of carbonyl (C=O) groups excluding carboxylic acids is 1. The zero-order valence-electron chi connectivity index (χ0n) is 13.0. The quantitative estimate of drug-likeness (QED) is 0.898. The second-order valence-corrected chi connectivity index (χ2v) is 6.34. The Labute approximate surface area is 144 Å². The summed E-state index contributed by atoms with van der Waals surface area (Å²) in [5.74, 6) is 0.483. The molecule has 1 N–H and O–H groups in total. The van der Waals surface area contributed by atoms with Gasteiger partial charge in [0.2, 0.25) is 0 Å². The number of halogens is 1. The molecule has 1 saturated heterocycles. The molecule has 1 fully saturated rings. The number of cyclic esters (lactones) is 1. The van der Waals surface area contributed by atoms with E-state index in [1.54, 1.807) is 17.0 Å². The maximum Gasteiger partial charge on any atom is 0.411 e. The summed E-state index contributed by atoms with van der Waals surface area (Å²) in [7, 11) is 1.52. The van der Waals surface area contributed by atoms with Crippen LogP contribution in [0.25, 0.3) is 0 Å². The summed E-state index contributed by atoms with van der Waals surface area (Å²) in [5.41, 5.74) is 2.68. The Morgan fingerprint density at radius 3 is 2.83 bits per heavy atom. The van der Waals surface area contributed by atoms with Crippen LogP contribution in [0.5, 0.6) is 11.5 Å². The Kier molecular flexibility index (Phi) is 3.53. The van der Waals surface area contributed by atoms with E-state index < -0.39 is 6.10 Å². The van der Waals surface area contributed by atoms with Crippen molar-refractivity contribution in [3.05, 3.63) is 58.1 Å². The summed E-state index contributed by atoms with van der Waals surface area (Å²) in [5, 5.41) is 10.7. The highest BCUT2D eigenvalue weighted by Crippen LogP contribution is 2.49. The van der Waals surface area contributed by atoms with Gasteiger partial charge in [-0.1, -0.05) is 29.8 Å². The van der Waals surface area contributed by atoms with Crippen molar-refractivity contribution in [3.63, 3.8) is 0 Å². The minimum absolute atomic E-state index is 0.0513. The maximum absolute atomic E-state index is 12.3. The molecule has 0 radical (unpaired) electrons. The summed E-state index contributed by atoms with van der Waals surface area (Å²) in [6.45, 7) is 0.561. The molecular formula is C18H16ClNO4. The fourth-order valence-electron chi connectivity index (χ4n) is 3.54. The van der Waals surface area contributed by atoms with E-state index in [0.717, 1.165) is 16.7 Å². The first-order valence-corrected chi connectivity index (χ1v) is 8.09. The molecule has 0 saturated carbocycles. The average molecular weight is 346 g/mol. The molecule has 4 rings (SSSR count). The molecule has 2 aromatic carbocycles. The Hall–Kier alpha value is -2.40. The van der Waals surface area contributed by atoms with E-state index in [1.807, 2.05) is 24.3 Å². The average Bonchev–Trinajstić information content (AvgIpc) is 2.92. The Balaban J connectivity index is 1.84. The molecule has 2 heterocycles. The second kappa shape index (κ2) is 5.60. The van der Waals surface area contributed by atoms with Gasteiger partial charge in [-0.25, -0.2) is 4.79 Å². The monoisotopic (exact) mass is 345 g/mol. The Morgan fingerprint density at radius 2 is 2.08 bits per heavy atom. The van der Waals surface area contributed by atoms with Gasteiger partial charge in [-0.05, 0) is 35.7 Å². The standard InChI is InChI=1S/C18H16ClNO4/c1-23-15-8-10-6-7-20-16(12(10)9-14(15)21)17(24-18(20)22)11-4-2-3-5-13(11)19/h2-5,8-9,16-17,21H,6-7H2,1H3/t16-,17+/m1/s1. The minimum atomic E-state index is -0.502. The van der Waals surface area contributed by atoms with Crippen LogP contribution in [-0.2, 0) is 11.2 Å². The summed E-state index contributed by atoms with van der Waals surface area (Å²) in [4.78, 5) is 14.0. The first-order valence-electron chi connectivity index (χ1n) is 7.71. The highest BCUT2D eigenvalue weighted by molar-refractivity contribution is 6.31. The third kappa shape index (κ3) is 2.19. The molecule has 6 heteroatoms.